The molecular weight excluding hydrogens is 1420 g/mol. The number of rotatable bonds is 42. The van der Waals surface area contributed by atoms with Crippen molar-refractivity contribution in [3.05, 3.63) is 148 Å². The molecule has 35 heteroatoms. The molecule has 0 radical (unpaired) electrons. The van der Waals surface area contributed by atoms with E-state index < -0.39 is 175 Å². The van der Waals surface area contributed by atoms with E-state index in [-0.39, 0.29) is 36.9 Å². The molecule has 0 aliphatic heterocycles. The highest BCUT2D eigenvalue weighted by atomic mass is 19.1. The van der Waals surface area contributed by atoms with E-state index in [0.717, 1.165) is 60.2 Å². The van der Waals surface area contributed by atoms with Gasteiger partial charge in [0, 0.05) is 44.1 Å². The van der Waals surface area contributed by atoms with Crippen LogP contribution in [0, 0.1) is 25.1 Å². The number of tetrazole rings is 1. The predicted molar refractivity (Wildman–Crippen MR) is 392 cm³/mol. The number of nitrogens with zero attached hydrogens (tertiary/aromatic N) is 4. The maximum Gasteiger partial charge on any atom is 0.305 e. The molecule has 0 unspecified atom stereocenters. The largest absolute Gasteiger partial charge is 0.491 e. The Balaban J connectivity index is 1.17. The van der Waals surface area contributed by atoms with Gasteiger partial charge in [0.25, 0.3) is 0 Å². The molecule has 588 valence electrons. The number of nitrogens with two attached hydrogens (primary N) is 1. The van der Waals surface area contributed by atoms with Crippen LogP contribution in [0.4, 0.5) is 4.39 Å². The number of ether oxygens (including phenoxy) is 1. The maximum absolute atomic E-state index is 15.5. The Bertz CT molecular complexity index is 4140. The standard InChI is InChI=1S/C74H98FN17O17/c1-11-46-31-50(109-39(2)3)23-24-51(46)47-21-19-44(20-22-47)30-54(65(101)81-53(63(76)99)18-14-15-45-28-40(4)27-41(5)29-45)82-66(102)56(33-60(97)98)83-67(103)57(37-93)84-68(104)61(42(6)94)87-72(108)74(10,34-48-16-12-13-17-52(48)75)88-69(105)62(43(7)95)86-59(96)36-79-64(100)55(32-58-89-91-92-90-58)85-71(107)73(8,9)70(106)78-26-25-49-35-77-38-80-49/h12-13,16-17,19-24,27-29,31,35,38-39,42-43,53-57,61-62,93-95H,11,14-15,18,25-26,30,32-34,36-37H2,1-10H3,(H2,76,99)(H,77,80)(H,78,106)(H,79,100)(H,81,101)(H,82,102)(H,83,103)(H,84,104)(H,85,107)(H,86,96)(H,87,108)(H,88,105)(H,97,98)(H,89,90,91,92)/t42-,43-,53+,54+,55+,56+,57+,61+,62+,74+/m1/s1. The molecule has 10 atom stereocenters. The maximum atomic E-state index is 15.5. The van der Waals surface area contributed by atoms with Crippen LogP contribution in [0.3, 0.4) is 0 Å². The molecule has 4 aromatic carbocycles. The number of aliphatic hydroxyl groups is 3. The number of primary amides is 1. The Morgan fingerprint density at radius 1 is 0.642 bits per heavy atom. The second-order valence-electron chi connectivity index (χ2n) is 27.6. The highest BCUT2D eigenvalue weighted by Crippen LogP contribution is 2.30. The van der Waals surface area contributed by atoms with Gasteiger partial charge in [-0.15, -0.1) is 10.2 Å². The van der Waals surface area contributed by atoms with Crippen molar-refractivity contribution in [1.29, 1.82) is 0 Å². The third kappa shape index (κ3) is 26.1. The van der Waals surface area contributed by atoms with Crippen LogP contribution in [0.2, 0.25) is 0 Å². The van der Waals surface area contributed by atoms with Crippen LogP contribution < -0.4 is 63.6 Å². The number of aliphatic hydroxyl groups excluding tert-OH is 3. The topological polar surface area (TPSA) is 524 Å². The minimum Gasteiger partial charge on any atom is -0.491 e. The Hall–Kier alpha value is -11.6. The molecule has 34 nitrogen and oxygen atoms in total. The number of aromatic amines is 2. The SMILES string of the molecule is CCc1cc(OC(C)C)ccc1-c1ccc(C[C@H](NC(=O)[C@H](CC(=O)O)NC(=O)[C@H](CO)NC(=O)[C@@H](NC(=O)[C@](C)(Cc2ccccc2F)NC(=O)[C@@H](NC(=O)CNC(=O)[C@H](Cc2nn[nH]n2)NC(=O)C(C)(C)C(=O)NCCc2cnc[nH]2)[C@@H](C)O)[C@@H](C)O)C(=O)N[C@@H](CCCc2cc(C)cc(C)c2)C(N)=O)cc1. The number of hydrogen-bond acceptors (Lipinski definition) is 20. The summed E-state index contributed by atoms with van der Waals surface area (Å²) >= 11 is 0. The van der Waals surface area contributed by atoms with Gasteiger partial charge in [-0.3, -0.25) is 57.5 Å². The van der Waals surface area contributed by atoms with Crippen LogP contribution in [0.15, 0.2) is 97.5 Å². The number of halogens is 1. The number of carbonyl (C=O) groups is 12. The average Bonchev–Trinajstić information content (AvgIpc) is 1.58. The van der Waals surface area contributed by atoms with Gasteiger partial charge in [-0.05, 0) is 140 Å². The highest BCUT2D eigenvalue weighted by Gasteiger charge is 2.43. The number of amides is 11. The van der Waals surface area contributed by atoms with E-state index in [2.05, 4.69) is 83.8 Å². The van der Waals surface area contributed by atoms with Gasteiger partial charge in [0.1, 0.15) is 64.8 Å². The third-order valence-corrected chi connectivity index (χ3v) is 17.6. The molecule has 0 saturated heterocycles. The van der Waals surface area contributed by atoms with Crippen LogP contribution in [-0.4, -0.2) is 208 Å². The lowest BCUT2D eigenvalue weighted by molar-refractivity contribution is -0.143. The van der Waals surface area contributed by atoms with Crippen molar-refractivity contribution in [2.75, 3.05) is 19.7 Å². The van der Waals surface area contributed by atoms with Crippen molar-refractivity contribution >= 4 is 70.9 Å². The van der Waals surface area contributed by atoms with E-state index in [1.165, 1.54) is 38.4 Å². The fourth-order valence-corrected chi connectivity index (χ4v) is 11.7. The number of H-pyrrole nitrogens is 2. The number of aliphatic carboxylic acids is 1. The Labute approximate surface area is 628 Å². The Kier molecular flexibility index (Phi) is 32.0. The van der Waals surface area contributed by atoms with E-state index in [1.54, 1.807) is 30.5 Å². The Morgan fingerprint density at radius 3 is 1.86 bits per heavy atom. The van der Waals surface area contributed by atoms with Crippen LogP contribution >= 0.6 is 0 Å². The number of imidazole rings is 1. The summed E-state index contributed by atoms with van der Waals surface area (Å²) in [7, 11) is 0. The second kappa shape index (κ2) is 40.4. The molecule has 2 heterocycles. The van der Waals surface area contributed by atoms with Gasteiger partial charge in [-0.2, -0.15) is 5.21 Å². The van der Waals surface area contributed by atoms with Crippen LogP contribution in [0.1, 0.15) is 120 Å². The van der Waals surface area contributed by atoms with Crippen molar-refractivity contribution in [1.82, 2.24) is 83.8 Å². The van der Waals surface area contributed by atoms with E-state index in [9.17, 15) is 78.0 Å². The lowest BCUT2D eigenvalue weighted by Gasteiger charge is -2.34. The molecule has 0 bridgehead atoms. The summed E-state index contributed by atoms with van der Waals surface area (Å²) in [5.41, 5.74) is 8.38. The van der Waals surface area contributed by atoms with Gasteiger partial charge in [0.15, 0.2) is 5.82 Å². The molecule has 0 saturated carbocycles. The van der Waals surface area contributed by atoms with Crippen molar-refractivity contribution < 1.29 is 87.1 Å². The number of carboxylic acid groups (broad SMARTS) is 1. The van der Waals surface area contributed by atoms with Crippen LogP contribution in [-0.2, 0) is 96.1 Å². The summed E-state index contributed by atoms with van der Waals surface area (Å²) in [6.45, 7) is 13.4. The molecule has 18 N–H and O–H groups in total. The first-order chi connectivity index (χ1) is 51.5. The lowest BCUT2D eigenvalue weighted by Crippen LogP contribution is -2.67. The first-order valence-electron chi connectivity index (χ1n) is 35.4. The smallest absolute Gasteiger partial charge is 0.305 e. The summed E-state index contributed by atoms with van der Waals surface area (Å²) in [6, 6.07) is 11.1. The van der Waals surface area contributed by atoms with Gasteiger partial charge in [0.05, 0.1) is 44.2 Å². The van der Waals surface area contributed by atoms with Gasteiger partial charge < -0.3 is 89.0 Å². The van der Waals surface area contributed by atoms with Gasteiger partial charge in [-0.1, -0.05) is 90.0 Å². The fourth-order valence-electron chi connectivity index (χ4n) is 11.7. The third-order valence-electron chi connectivity index (χ3n) is 17.6. The normalized spacial score (nSPS) is 14.4. The van der Waals surface area contributed by atoms with E-state index in [0.29, 0.717) is 42.7 Å². The van der Waals surface area contributed by atoms with Crippen molar-refractivity contribution in [2.45, 2.75) is 193 Å². The molecule has 0 aliphatic carbocycles. The summed E-state index contributed by atoms with van der Waals surface area (Å²) in [5, 5.41) is 79.8. The average molecular weight is 1520 g/mol. The van der Waals surface area contributed by atoms with Crippen molar-refractivity contribution in [3.8, 4) is 16.9 Å². The molecule has 6 aromatic rings. The van der Waals surface area contributed by atoms with Gasteiger partial charge in [-0.25, -0.2) is 9.37 Å². The number of carbonyl (C=O) groups excluding carboxylic acids is 11. The number of hydrogen-bond donors (Lipinski definition) is 17. The zero-order chi connectivity index (χ0) is 80.4. The second-order valence-corrected chi connectivity index (χ2v) is 27.6. The Morgan fingerprint density at radius 2 is 1.27 bits per heavy atom. The first-order valence-corrected chi connectivity index (χ1v) is 35.4. The number of benzene rings is 4. The number of nitrogens with one attached hydrogen (secondary N) is 12. The molecule has 11 amide bonds. The number of aromatic nitrogens is 6. The van der Waals surface area contributed by atoms with Gasteiger partial charge >= 0.3 is 5.97 Å². The van der Waals surface area contributed by atoms with Crippen LogP contribution in [0.5, 0.6) is 5.75 Å². The van der Waals surface area contributed by atoms with Crippen molar-refractivity contribution in [3.63, 3.8) is 0 Å². The zero-order valence-electron chi connectivity index (χ0n) is 62.3. The minimum absolute atomic E-state index is 0.0643. The monoisotopic (exact) mass is 1520 g/mol. The highest BCUT2D eigenvalue weighted by molar-refractivity contribution is 6.06. The molecular formula is C74H98FN17O17. The van der Waals surface area contributed by atoms with E-state index >= 15 is 4.39 Å². The predicted octanol–water partition coefficient (Wildman–Crippen LogP) is -0.770. The summed E-state index contributed by atoms with van der Waals surface area (Å²) in [4.78, 5) is 173. The summed E-state index contributed by atoms with van der Waals surface area (Å²) < 4.78 is 21.4. The zero-order valence-corrected chi connectivity index (χ0v) is 62.3. The molecule has 0 fully saturated rings. The van der Waals surface area contributed by atoms with E-state index in [4.69, 9.17) is 10.5 Å². The lowest BCUT2D eigenvalue weighted by atomic mass is 9.90. The molecule has 0 aliphatic rings. The molecule has 0 spiro atoms. The molecule has 2 aromatic heterocycles. The number of aryl methyl sites for hydroxylation is 4. The summed E-state index contributed by atoms with van der Waals surface area (Å²) in [6.07, 6.45) is -1.26. The fraction of sp³-hybridized carbons (Fsp3) is 0.459. The van der Waals surface area contributed by atoms with Crippen LogP contribution in [0.25, 0.3) is 11.1 Å². The first kappa shape index (κ1) is 86.3. The van der Waals surface area contributed by atoms with Crippen molar-refractivity contribution in [2.24, 2.45) is 11.1 Å². The van der Waals surface area contributed by atoms with Gasteiger partial charge in [0.2, 0.25) is 65.0 Å². The molecule has 109 heavy (non-hydrogen) atoms. The minimum atomic E-state index is -2.40. The van der Waals surface area contributed by atoms with E-state index in [1.807, 2.05) is 71.0 Å². The molecule has 6 rings (SSSR count). The number of carboxylic acids is 1. The quantitative estimate of drug-likeness (QED) is 0.0209. The summed E-state index contributed by atoms with van der Waals surface area (Å²) in [5.74, 6) is -14.1.